The molecule has 2 nitrogen and oxygen atoms in total. The molecule has 0 saturated heterocycles. The Bertz CT molecular complexity index is 295. The van der Waals surface area contributed by atoms with Crippen molar-refractivity contribution in [2.75, 3.05) is 13.7 Å². The molecule has 1 rings (SSSR count). The van der Waals surface area contributed by atoms with Gasteiger partial charge in [0.15, 0.2) is 0 Å². The van der Waals surface area contributed by atoms with Crippen molar-refractivity contribution < 1.29 is 4.74 Å². The monoisotopic (exact) mass is 221 g/mol. The number of hydrogen-bond acceptors (Lipinski definition) is 2. The molecule has 2 heteroatoms. The average Bonchev–Trinajstić information content (AvgIpc) is 2.31. The van der Waals surface area contributed by atoms with Crippen molar-refractivity contribution in [3.63, 3.8) is 0 Å². The zero-order valence-electron chi connectivity index (χ0n) is 10.8. The highest BCUT2D eigenvalue weighted by atomic mass is 16.5. The van der Waals surface area contributed by atoms with E-state index in [1.165, 1.54) is 5.56 Å². The summed E-state index contributed by atoms with van der Waals surface area (Å²) in [4.78, 5) is 0. The molecular weight excluding hydrogens is 198 g/mol. The Balaban J connectivity index is 2.57. The summed E-state index contributed by atoms with van der Waals surface area (Å²) in [6.07, 6.45) is 1.03. The lowest BCUT2D eigenvalue weighted by Gasteiger charge is -2.27. The van der Waals surface area contributed by atoms with Gasteiger partial charge in [-0.1, -0.05) is 37.3 Å². The highest BCUT2D eigenvalue weighted by Crippen LogP contribution is 2.18. The lowest BCUT2D eigenvalue weighted by Crippen LogP contribution is -2.30. The molecule has 0 fully saturated rings. The van der Waals surface area contributed by atoms with Crippen LogP contribution < -0.4 is 5.32 Å². The first-order valence-corrected chi connectivity index (χ1v) is 5.95. The number of benzene rings is 1. The molecule has 1 atom stereocenters. The van der Waals surface area contributed by atoms with Gasteiger partial charge in [0.25, 0.3) is 0 Å². The number of hydrogen-bond donors (Lipinski definition) is 1. The van der Waals surface area contributed by atoms with Crippen LogP contribution in [0.4, 0.5) is 0 Å². The van der Waals surface area contributed by atoms with Crippen LogP contribution in [-0.4, -0.2) is 19.3 Å². The van der Waals surface area contributed by atoms with Gasteiger partial charge >= 0.3 is 0 Å². The maximum Gasteiger partial charge on any atom is 0.0668 e. The Morgan fingerprint density at radius 1 is 1.25 bits per heavy atom. The molecule has 0 heterocycles. The minimum Gasteiger partial charge on any atom is -0.374 e. The van der Waals surface area contributed by atoms with Gasteiger partial charge < -0.3 is 10.1 Å². The Hall–Kier alpha value is -0.860. The second kappa shape index (κ2) is 6.02. The Kier molecular flexibility index (Phi) is 4.97. The lowest BCUT2D eigenvalue weighted by atomic mass is 10.1. The smallest absolute Gasteiger partial charge is 0.0668 e. The second-order valence-corrected chi connectivity index (χ2v) is 4.68. The molecule has 1 aromatic carbocycles. The summed E-state index contributed by atoms with van der Waals surface area (Å²) in [5.41, 5.74) is 1.24. The molecule has 0 bridgehead atoms. The standard InChI is InChI=1S/C14H23NO/c1-5-14(2,3)16-11-13(15-4)12-9-7-6-8-10-12/h6-10,13,15H,5,11H2,1-4H3. The predicted molar refractivity (Wildman–Crippen MR) is 68.6 cm³/mol. The van der Waals surface area contributed by atoms with Crippen LogP contribution in [0.15, 0.2) is 30.3 Å². The Morgan fingerprint density at radius 2 is 1.88 bits per heavy atom. The van der Waals surface area contributed by atoms with E-state index >= 15 is 0 Å². The molecule has 0 radical (unpaired) electrons. The summed E-state index contributed by atoms with van der Waals surface area (Å²) < 4.78 is 5.92. The van der Waals surface area contributed by atoms with Gasteiger partial charge in [-0.05, 0) is 32.9 Å². The predicted octanol–water partition coefficient (Wildman–Crippen LogP) is 3.15. The van der Waals surface area contributed by atoms with Gasteiger partial charge in [0.2, 0.25) is 0 Å². The Morgan fingerprint density at radius 3 is 2.38 bits per heavy atom. The molecule has 16 heavy (non-hydrogen) atoms. The Labute approximate surface area is 99.0 Å². The van der Waals surface area contributed by atoms with Crippen LogP contribution in [0.2, 0.25) is 0 Å². The summed E-state index contributed by atoms with van der Waals surface area (Å²) >= 11 is 0. The van der Waals surface area contributed by atoms with Gasteiger partial charge in [0, 0.05) is 0 Å². The first-order valence-electron chi connectivity index (χ1n) is 5.95. The number of likely N-dealkylation sites (N-methyl/N-ethyl adjacent to an activating group) is 1. The van der Waals surface area contributed by atoms with E-state index in [4.69, 9.17) is 4.74 Å². The quantitative estimate of drug-likeness (QED) is 0.796. The third kappa shape index (κ3) is 3.95. The molecule has 0 aliphatic heterocycles. The van der Waals surface area contributed by atoms with Crippen LogP contribution in [0.5, 0.6) is 0 Å². The first kappa shape index (κ1) is 13.2. The molecule has 1 N–H and O–H groups in total. The summed E-state index contributed by atoms with van der Waals surface area (Å²) in [6.45, 7) is 7.12. The summed E-state index contributed by atoms with van der Waals surface area (Å²) in [6, 6.07) is 10.7. The van der Waals surface area contributed by atoms with Crippen molar-refractivity contribution in [2.45, 2.75) is 38.8 Å². The summed E-state index contributed by atoms with van der Waals surface area (Å²) in [7, 11) is 1.97. The highest BCUT2D eigenvalue weighted by molar-refractivity contribution is 5.18. The molecule has 0 saturated carbocycles. The fourth-order valence-corrected chi connectivity index (χ4v) is 1.44. The van der Waals surface area contributed by atoms with Crippen molar-refractivity contribution in [3.05, 3.63) is 35.9 Å². The molecule has 0 amide bonds. The van der Waals surface area contributed by atoms with Crippen molar-refractivity contribution >= 4 is 0 Å². The topological polar surface area (TPSA) is 21.3 Å². The molecule has 1 aromatic rings. The molecule has 90 valence electrons. The van der Waals surface area contributed by atoms with E-state index in [-0.39, 0.29) is 11.6 Å². The second-order valence-electron chi connectivity index (χ2n) is 4.68. The largest absolute Gasteiger partial charge is 0.374 e. The van der Waals surface area contributed by atoms with Gasteiger partial charge in [0.1, 0.15) is 0 Å². The van der Waals surface area contributed by atoms with E-state index in [1.54, 1.807) is 0 Å². The summed E-state index contributed by atoms with van der Waals surface area (Å²) in [5.74, 6) is 0. The molecule has 1 unspecified atom stereocenters. The van der Waals surface area contributed by atoms with E-state index in [9.17, 15) is 0 Å². The average molecular weight is 221 g/mol. The van der Waals surface area contributed by atoms with E-state index in [1.807, 2.05) is 13.1 Å². The fourth-order valence-electron chi connectivity index (χ4n) is 1.44. The van der Waals surface area contributed by atoms with Crippen LogP contribution in [0.3, 0.4) is 0 Å². The molecular formula is C14H23NO. The van der Waals surface area contributed by atoms with Crippen molar-refractivity contribution in [3.8, 4) is 0 Å². The van der Waals surface area contributed by atoms with E-state index in [0.29, 0.717) is 6.61 Å². The van der Waals surface area contributed by atoms with Crippen molar-refractivity contribution in [1.29, 1.82) is 0 Å². The van der Waals surface area contributed by atoms with Crippen molar-refractivity contribution in [2.24, 2.45) is 0 Å². The maximum atomic E-state index is 5.92. The van der Waals surface area contributed by atoms with E-state index in [2.05, 4.69) is 50.4 Å². The van der Waals surface area contributed by atoms with Gasteiger partial charge in [-0.15, -0.1) is 0 Å². The van der Waals surface area contributed by atoms with Crippen LogP contribution in [0, 0.1) is 0 Å². The number of ether oxygens (including phenoxy) is 1. The van der Waals surface area contributed by atoms with Gasteiger partial charge in [-0.3, -0.25) is 0 Å². The van der Waals surface area contributed by atoms with E-state index < -0.39 is 0 Å². The third-order valence-electron chi connectivity index (χ3n) is 3.04. The normalized spacial score (nSPS) is 13.8. The first-order chi connectivity index (χ1) is 7.59. The number of rotatable bonds is 6. The molecule has 0 spiro atoms. The van der Waals surface area contributed by atoms with Crippen LogP contribution in [-0.2, 0) is 4.74 Å². The summed E-state index contributed by atoms with van der Waals surface area (Å²) in [5, 5.41) is 3.29. The third-order valence-corrected chi connectivity index (χ3v) is 3.04. The molecule has 0 aromatic heterocycles. The zero-order valence-corrected chi connectivity index (χ0v) is 10.8. The van der Waals surface area contributed by atoms with Gasteiger partial charge in [-0.25, -0.2) is 0 Å². The van der Waals surface area contributed by atoms with Crippen LogP contribution in [0.25, 0.3) is 0 Å². The number of nitrogens with one attached hydrogen (secondary N) is 1. The minimum absolute atomic E-state index is 0.0378. The van der Waals surface area contributed by atoms with Crippen LogP contribution >= 0.6 is 0 Å². The fraction of sp³-hybridized carbons (Fsp3) is 0.571. The highest BCUT2D eigenvalue weighted by Gasteiger charge is 2.18. The van der Waals surface area contributed by atoms with Gasteiger partial charge in [0.05, 0.1) is 18.2 Å². The van der Waals surface area contributed by atoms with Crippen LogP contribution in [0.1, 0.15) is 38.8 Å². The lowest BCUT2D eigenvalue weighted by molar-refractivity contribution is -0.0300. The van der Waals surface area contributed by atoms with Crippen molar-refractivity contribution in [1.82, 2.24) is 5.32 Å². The van der Waals surface area contributed by atoms with E-state index in [0.717, 1.165) is 6.42 Å². The molecule has 0 aliphatic rings. The maximum absolute atomic E-state index is 5.92. The zero-order chi connectivity index (χ0) is 12.0. The SMILES string of the molecule is CCC(C)(C)OCC(NC)c1ccccc1. The van der Waals surface area contributed by atoms with Gasteiger partial charge in [-0.2, -0.15) is 0 Å². The minimum atomic E-state index is -0.0378. The molecule has 0 aliphatic carbocycles.